The Kier molecular flexibility index (Phi) is 2.81. The molecule has 0 nitrogen and oxygen atoms in total. The van der Waals surface area contributed by atoms with Crippen LogP contribution in [0.2, 0.25) is 0 Å². The first kappa shape index (κ1) is 9.32. The van der Waals surface area contributed by atoms with Crippen LogP contribution in [0.4, 0.5) is 0 Å². The number of hydrogen-bond acceptors (Lipinski definition) is 0. The van der Waals surface area contributed by atoms with E-state index in [1.165, 1.54) is 35.4 Å². The van der Waals surface area contributed by atoms with E-state index in [2.05, 4.69) is 31.4 Å². The molecule has 56 valence electrons. The van der Waals surface area contributed by atoms with Gasteiger partial charge in [-0.2, -0.15) is 0 Å². The summed E-state index contributed by atoms with van der Waals surface area (Å²) in [6, 6.07) is 0. The van der Waals surface area contributed by atoms with Gasteiger partial charge in [-0.1, -0.05) is 0 Å². The van der Waals surface area contributed by atoms with Gasteiger partial charge >= 0.3 is 83.8 Å². The van der Waals surface area contributed by atoms with E-state index in [0.29, 0.717) is 5.92 Å². The van der Waals surface area contributed by atoms with Crippen molar-refractivity contribution in [1.29, 1.82) is 0 Å². The van der Waals surface area contributed by atoms with Crippen LogP contribution in [0.1, 0.15) is 27.7 Å². The Hall–Kier alpha value is 0.233. The van der Waals surface area contributed by atoms with E-state index in [4.69, 9.17) is 0 Å². The van der Waals surface area contributed by atoms with Gasteiger partial charge in [0.15, 0.2) is 0 Å². The first-order valence-electron chi connectivity index (χ1n) is 3.98. The number of hydrogen-bond donors (Lipinski definition) is 0. The van der Waals surface area contributed by atoms with Gasteiger partial charge in [0.25, 0.3) is 0 Å². The molecule has 0 saturated carbocycles. The van der Waals surface area contributed by atoms with Gasteiger partial charge in [-0.05, 0) is 0 Å². The minimum absolute atomic E-state index is 0.675. The average molecular weight is 225 g/mol. The molecular weight excluding hydrogens is 211 g/mol. The molecule has 1 heteroatoms. The molecule has 0 aromatic carbocycles. The quantitative estimate of drug-likeness (QED) is 0.643. The van der Waals surface area contributed by atoms with Crippen LogP contribution >= 0.6 is 0 Å². The standard InChI is InChI=1S/C10H14.Zr/c1-6-7(2)9(4)10(5)8(6)3;/h1,7H,2-5H3;/q;+2. The fraction of sp³-hybridized carbons (Fsp3) is 0.500. The molecule has 0 aromatic heterocycles. The molecule has 0 spiro atoms. The second kappa shape index (κ2) is 3.31. The van der Waals surface area contributed by atoms with Crippen LogP contribution in [0.3, 0.4) is 0 Å². The van der Waals surface area contributed by atoms with E-state index in [1.807, 2.05) is 0 Å². The van der Waals surface area contributed by atoms with E-state index in [-0.39, 0.29) is 0 Å². The third-order valence-corrected chi connectivity index (χ3v) is 3.62. The summed E-state index contributed by atoms with van der Waals surface area (Å²) < 4.78 is 2.33. The molecule has 0 aromatic rings. The molecule has 1 atom stereocenters. The van der Waals surface area contributed by atoms with Gasteiger partial charge < -0.3 is 0 Å². The van der Waals surface area contributed by atoms with Crippen molar-refractivity contribution in [3.63, 3.8) is 0 Å². The SMILES string of the molecule is CC1=C(C)C(C)C([CH]=[Zr+2])=C1C. The summed E-state index contributed by atoms with van der Waals surface area (Å²) in [5.74, 6) is 0.675. The fourth-order valence-electron chi connectivity index (χ4n) is 1.63. The second-order valence-electron chi connectivity index (χ2n) is 3.25. The molecule has 1 rings (SSSR count). The normalized spacial score (nSPS) is 25.1. The van der Waals surface area contributed by atoms with Gasteiger partial charge in [0.1, 0.15) is 0 Å². The zero-order chi connectivity index (χ0) is 8.59. The zero-order valence-corrected chi connectivity index (χ0v) is 10.1. The summed E-state index contributed by atoms with van der Waals surface area (Å²) in [6.07, 6.45) is 0. The van der Waals surface area contributed by atoms with Crippen LogP contribution in [-0.2, 0) is 24.2 Å². The van der Waals surface area contributed by atoms with Crippen molar-refractivity contribution in [2.24, 2.45) is 5.92 Å². The summed E-state index contributed by atoms with van der Waals surface area (Å²) in [7, 11) is 0. The van der Waals surface area contributed by atoms with E-state index >= 15 is 0 Å². The predicted molar refractivity (Wildman–Crippen MR) is 46.3 cm³/mol. The third-order valence-electron chi connectivity index (χ3n) is 2.86. The van der Waals surface area contributed by atoms with E-state index in [0.717, 1.165) is 0 Å². The van der Waals surface area contributed by atoms with Gasteiger partial charge in [0.2, 0.25) is 0 Å². The Balaban J connectivity index is 3.14. The zero-order valence-electron chi connectivity index (χ0n) is 7.65. The Bertz CT molecular complexity index is 256. The van der Waals surface area contributed by atoms with Crippen molar-refractivity contribution in [3.05, 3.63) is 22.3 Å². The number of rotatable bonds is 1. The van der Waals surface area contributed by atoms with Gasteiger partial charge in [-0.15, -0.1) is 0 Å². The first-order valence-corrected chi connectivity index (χ1v) is 5.40. The topological polar surface area (TPSA) is 0 Å². The molecule has 0 heterocycles. The molecule has 0 aliphatic heterocycles. The van der Waals surface area contributed by atoms with E-state index < -0.39 is 0 Å². The molecule has 1 aliphatic rings. The van der Waals surface area contributed by atoms with Gasteiger partial charge in [0, 0.05) is 0 Å². The summed E-state index contributed by atoms with van der Waals surface area (Å²) >= 11 is 1.51. The third kappa shape index (κ3) is 1.40. The van der Waals surface area contributed by atoms with Gasteiger partial charge in [0.05, 0.1) is 0 Å². The van der Waals surface area contributed by atoms with Crippen LogP contribution in [0.25, 0.3) is 0 Å². The van der Waals surface area contributed by atoms with Gasteiger partial charge in [-0.25, -0.2) is 0 Å². The second-order valence-corrected chi connectivity index (χ2v) is 3.96. The van der Waals surface area contributed by atoms with Crippen LogP contribution in [-0.4, -0.2) is 3.71 Å². The molecule has 0 bridgehead atoms. The maximum atomic E-state index is 2.33. The molecule has 11 heavy (non-hydrogen) atoms. The van der Waals surface area contributed by atoms with Crippen LogP contribution in [0.5, 0.6) is 0 Å². The van der Waals surface area contributed by atoms with Crippen molar-refractivity contribution in [2.45, 2.75) is 27.7 Å². The summed E-state index contributed by atoms with van der Waals surface area (Å²) in [5.41, 5.74) is 6.12. The van der Waals surface area contributed by atoms with E-state index in [1.54, 1.807) is 11.1 Å². The summed E-state index contributed by atoms with van der Waals surface area (Å²) in [4.78, 5) is 0. The first-order chi connectivity index (χ1) is 5.09. The van der Waals surface area contributed by atoms with Crippen molar-refractivity contribution < 1.29 is 24.2 Å². The van der Waals surface area contributed by atoms with E-state index in [9.17, 15) is 0 Å². The minimum atomic E-state index is 0.675. The Morgan fingerprint density at radius 3 is 1.91 bits per heavy atom. The average Bonchev–Trinajstić information content (AvgIpc) is 2.17. The Morgan fingerprint density at radius 1 is 1.18 bits per heavy atom. The maximum absolute atomic E-state index is 2.33. The van der Waals surface area contributed by atoms with Crippen molar-refractivity contribution in [1.82, 2.24) is 0 Å². The monoisotopic (exact) mass is 224 g/mol. The molecule has 0 N–H and O–H groups in total. The Morgan fingerprint density at radius 2 is 1.73 bits per heavy atom. The fourth-order valence-corrected chi connectivity index (χ4v) is 2.77. The molecule has 1 aliphatic carbocycles. The molecular formula is C10H14Zr+2. The number of allylic oxidation sites excluding steroid dienone is 4. The van der Waals surface area contributed by atoms with Crippen LogP contribution in [0, 0.1) is 5.92 Å². The van der Waals surface area contributed by atoms with Crippen molar-refractivity contribution in [2.75, 3.05) is 0 Å². The summed E-state index contributed by atoms with van der Waals surface area (Å²) in [5, 5.41) is 0. The van der Waals surface area contributed by atoms with Crippen LogP contribution < -0.4 is 0 Å². The molecule has 0 fully saturated rings. The molecule has 0 radical (unpaired) electrons. The van der Waals surface area contributed by atoms with Crippen molar-refractivity contribution >= 4 is 3.71 Å². The van der Waals surface area contributed by atoms with Crippen LogP contribution in [0.15, 0.2) is 22.3 Å². The summed E-state index contributed by atoms with van der Waals surface area (Å²) in [6.45, 7) is 9.01. The molecule has 0 saturated heterocycles. The Labute approximate surface area is 83.7 Å². The molecule has 0 amide bonds. The predicted octanol–water partition coefficient (Wildman–Crippen LogP) is 2.64. The van der Waals surface area contributed by atoms with Crippen molar-refractivity contribution in [3.8, 4) is 0 Å². The molecule has 1 unspecified atom stereocenters. The van der Waals surface area contributed by atoms with Gasteiger partial charge in [-0.3, -0.25) is 0 Å².